The standard InChI is InChI=1S/C50H45F3N6O5/c1-30-5-11-45(48(60)56-30)59-29-34-22-38(8-10-41(34)49(59)61)62-19-3-4-31-20-35(50(51,52)53)24-36(21-31)58-17-14-37(15-18-58)63-39-25-40(26-39)64-47-12-7-33(27-55-47)32-6-9-42-43-28-54-16-13-44(43)57(2)46(42)23-32/h6-10,12-13,16,20-24,27-28,37,39-40,45H,1,5,11,14-15,17-19,25-26,29H2,2H3,(H,56,60). The summed E-state index contributed by atoms with van der Waals surface area (Å²) in [5, 5.41) is 5.02. The van der Waals surface area contributed by atoms with Gasteiger partial charge in [0.15, 0.2) is 0 Å². The van der Waals surface area contributed by atoms with Crippen molar-refractivity contribution < 1.29 is 37.0 Å². The summed E-state index contributed by atoms with van der Waals surface area (Å²) in [6.07, 6.45) is 5.05. The number of carbonyl (C=O) groups excluding carboxylic acids is 2. The summed E-state index contributed by atoms with van der Waals surface area (Å²) < 4.78 is 62.8. The van der Waals surface area contributed by atoms with Gasteiger partial charge in [0.2, 0.25) is 11.8 Å². The molecule has 1 unspecified atom stereocenters. The summed E-state index contributed by atoms with van der Waals surface area (Å²) in [5.41, 5.74) is 6.15. The Morgan fingerprint density at radius 2 is 1.70 bits per heavy atom. The van der Waals surface area contributed by atoms with Crippen molar-refractivity contribution >= 4 is 39.3 Å². The molecule has 3 fully saturated rings. The van der Waals surface area contributed by atoms with Crippen LogP contribution in [0.1, 0.15) is 65.6 Å². The average Bonchev–Trinajstić information content (AvgIpc) is 3.76. The number of alkyl halides is 3. The van der Waals surface area contributed by atoms with Crippen molar-refractivity contribution in [2.75, 3.05) is 24.6 Å². The number of nitrogens with zero attached hydrogens (tertiary/aromatic N) is 5. The van der Waals surface area contributed by atoms with Gasteiger partial charge in [-0.3, -0.25) is 14.6 Å². The number of aryl methyl sites for hydroxylation is 1. The highest BCUT2D eigenvalue weighted by atomic mass is 19.4. The van der Waals surface area contributed by atoms with Crippen LogP contribution in [0.25, 0.3) is 32.9 Å². The molecule has 1 N–H and O–H groups in total. The van der Waals surface area contributed by atoms with E-state index in [4.69, 9.17) is 14.2 Å². The van der Waals surface area contributed by atoms with E-state index in [9.17, 15) is 22.8 Å². The van der Waals surface area contributed by atoms with E-state index in [2.05, 4.69) is 63.5 Å². The number of aromatic nitrogens is 3. The Morgan fingerprint density at radius 1 is 0.875 bits per heavy atom. The van der Waals surface area contributed by atoms with E-state index in [1.165, 1.54) is 6.07 Å². The molecular weight excluding hydrogens is 822 g/mol. The summed E-state index contributed by atoms with van der Waals surface area (Å²) >= 11 is 0. The minimum atomic E-state index is -4.54. The smallest absolute Gasteiger partial charge is 0.416 e. The van der Waals surface area contributed by atoms with Crippen LogP contribution in [0.4, 0.5) is 18.9 Å². The summed E-state index contributed by atoms with van der Waals surface area (Å²) in [4.78, 5) is 38.0. The number of hydrogen-bond acceptors (Lipinski definition) is 8. The molecule has 0 bridgehead atoms. The average molecular weight is 867 g/mol. The summed E-state index contributed by atoms with van der Waals surface area (Å²) in [6.45, 7) is 5.10. The lowest BCUT2D eigenvalue weighted by Crippen LogP contribution is -2.49. The number of amides is 2. The third-order valence-electron chi connectivity index (χ3n) is 12.8. The van der Waals surface area contributed by atoms with Gasteiger partial charge in [0, 0.05) is 109 Å². The van der Waals surface area contributed by atoms with Gasteiger partial charge in [0.05, 0.1) is 23.3 Å². The van der Waals surface area contributed by atoms with Crippen LogP contribution in [0.15, 0.2) is 104 Å². The van der Waals surface area contributed by atoms with E-state index in [1.807, 2.05) is 41.7 Å². The Labute approximate surface area is 367 Å². The van der Waals surface area contributed by atoms with Crippen LogP contribution in [0.5, 0.6) is 11.6 Å². The zero-order valence-corrected chi connectivity index (χ0v) is 35.2. The van der Waals surface area contributed by atoms with E-state index in [1.54, 1.807) is 29.2 Å². The third-order valence-corrected chi connectivity index (χ3v) is 12.8. The number of benzene rings is 3. The van der Waals surface area contributed by atoms with Crippen molar-refractivity contribution in [1.29, 1.82) is 0 Å². The van der Waals surface area contributed by atoms with Crippen molar-refractivity contribution in [2.45, 2.75) is 75.6 Å². The summed E-state index contributed by atoms with van der Waals surface area (Å²) in [7, 11) is 2.06. The van der Waals surface area contributed by atoms with Gasteiger partial charge in [-0.2, -0.15) is 13.2 Å². The Kier molecular flexibility index (Phi) is 10.7. The van der Waals surface area contributed by atoms with Gasteiger partial charge in [0.1, 0.15) is 24.5 Å². The fourth-order valence-electron chi connectivity index (χ4n) is 9.28. The molecule has 2 amide bonds. The maximum absolute atomic E-state index is 14.1. The number of allylic oxidation sites excluding steroid dienone is 1. The van der Waals surface area contributed by atoms with Gasteiger partial charge in [-0.1, -0.05) is 30.6 Å². The Morgan fingerprint density at radius 3 is 2.48 bits per heavy atom. The van der Waals surface area contributed by atoms with Crippen LogP contribution in [-0.4, -0.2) is 75.3 Å². The van der Waals surface area contributed by atoms with Gasteiger partial charge in [0.25, 0.3) is 5.91 Å². The first-order valence-corrected chi connectivity index (χ1v) is 21.6. The Bertz CT molecular complexity index is 2870. The maximum Gasteiger partial charge on any atom is 0.416 e. The monoisotopic (exact) mass is 866 g/mol. The molecule has 14 heteroatoms. The summed E-state index contributed by atoms with van der Waals surface area (Å²) in [6, 6.07) is 20.8. The van der Waals surface area contributed by atoms with Gasteiger partial charge in [-0.25, -0.2) is 4.98 Å². The lowest BCUT2D eigenvalue weighted by atomic mass is 9.91. The highest BCUT2D eigenvalue weighted by Crippen LogP contribution is 2.37. The normalized spacial score (nSPS) is 20.2. The molecule has 3 aromatic heterocycles. The zero-order valence-electron chi connectivity index (χ0n) is 35.2. The van der Waals surface area contributed by atoms with Crippen molar-refractivity contribution in [3.63, 3.8) is 0 Å². The number of halogens is 3. The third kappa shape index (κ3) is 8.23. The van der Waals surface area contributed by atoms with Crippen LogP contribution in [0.3, 0.4) is 0 Å². The Balaban J connectivity index is 0.700. The van der Waals surface area contributed by atoms with E-state index < -0.39 is 17.8 Å². The number of ether oxygens (including phenoxy) is 3. The first-order chi connectivity index (χ1) is 30.9. The van der Waals surface area contributed by atoms with Gasteiger partial charge >= 0.3 is 6.18 Å². The van der Waals surface area contributed by atoms with Crippen LogP contribution in [0, 0.1) is 11.8 Å². The molecular formula is C50H45F3N6O5. The molecule has 2 saturated heterocycles. The topological polar surface area (TPSA) is 111 Å². The fourth-order valence-corrected chi connectivity index (χ4v) is 9.28. The molecule has 6 heterocycles. The molecule has 64 heavy (non-hydrogen) atoms. The molecule has 3 aromatic carbocycles. The molecule has 1 atom stereocenters. The van der Waals surface area contributed by atoms with Crippen LogP contribution < -0.4 is 19.7 Å². The molecule has 11 nitrogen and oxygen atoms in total. The molecule has 326 valence electrons. The Hall–Kier alpha value is -6.85. The lowest BCUT2D eigenvalue weighted by Gasteiger charge is -2.40. The maximum atomic E-state index is 14.1. The van der Waals surface area contributed by atoms with Gasteiger partial charge in [-0.15, -0.1) is 0 Å². The van der Waals surface area contributed by atoms with Crippen LogP contribution in [-0.2, 0) is 29.3 Å². The highest BCUT2D eigenvalue weighted by Gasteiger charge is 2.39. The number of fused-ring (bicyclic) bond motifs is 4. The van der Waals surface area contributed by atoms with Crippen molar-refractivity contribution in [2.24, 2.45) is 7.05 Å². The molecule has 1 saturated carbocycles. The van der Waals surface area contributed by atoms with E-state index in [0.717, 1.165) is 57.4 Å². The number of rotatable bonds is 9. The van der Waals surface area contributed by atoms with E-state index in [-0.39, 0.29) is 48.8 Å². The molecule has 6 aromatic rings. The van der Waals surface area contributed by atoms with Crippen molar-refractivity contribution in [1.82, 2.24) is 24.8 Å². The quantitative estimate of drug-likeness (QED) is 0.144. The minimum Gasteiger partial charge on any atom is -0.481 e. The fraction of sp³-hybridized carbons (Fsp3) is 0.320. The number of hydrogen-bond donors (Lipinski definition) is 1. The molecule has 1 aliphatic carbocycles. The molecule has 3 aliphatic heterocycles. The predicted molar refractivity (Wildman–Crippen MR) is 236 cm³/mol. The summed E-state index contributed by atoms with van der Waals surface area (Å²) in [5.74, 6) is 6.29. The first kappa shape index (κ1) is 41.2. The zero-order chi connectivity index (χ0) is 44.1. The number of pyridine rings is 2. The second-order valence-electron chi connectivity index (χ2n) is 17.0. The largest absolute Gasteiger partial charge is 0.481 e. The molecule has 0 radical (unpaired) electrons. The first-order valence-electron chi connectivity index (χ1n) is 21.6. The van der Waals surface area contributed by atoms with E-state index in [0.29, 0.717) is 67.4 Å². The second-order valence-corrected chi connectivity index (χ2v) is 17.0. The lowest BCUT2D eigenvalue weighted by molar-refractivity contribution is -0.137. The SMILES string of the molecule is C=C1CCC(N2Cc3cc(OCC#Cc4cc(N5CCC(OC6CC(Oc7ccc(-c8ccc9c%10cnccc%10n(C)c9c8)cn7)C6)CC5)cc(C(F)(F)F)c4)ccc3C2=O)C(=O)N1. The minimum absolute atomic E-state index is 0.00282. The van der Waals surface area contributed by atoms with Gasteiger partial charge in [-0.05, 0) is 91.4 Å². The molecule has 10 rings (SSSR count). The molecule has 4 aliphatic rings. The van der Waals surface area contributed by atoms with Crippen molar-refractivity contribution in [3.05, 3.63) is 126 Å². The number of carbonyl (C=O) groups is 2. The van der Waals surface area contributed by atoms with Crippen LogP contribution in [0.2, 0.25) is 0 Å². The number of anilines is 1. The second kappa shape index (κ2) is 16.7. The number of piperidine rings is 2. The van der Waals surface area contributed by atoms with Crippen molar-refractivity contribution in [3.8, 4) is 34.6 Å². The number of nitrogens with one attached hydrogen (secondary N) is 1. The van der Waals surface area contributed by atoms with Crippen LogP contribution >= 0.6 is 0 Å². The van der Waals surface area contributed by atoms with E-state index >= 15 is 0 Å². The van der Waals surface area contributed by atoms with Gasteiger partial charge < -0.3 is 33.9 Å². The highest BCUT2D eigenvalue weighted by molar-refractivity contribution is 6.08. The molecule has 0 spiro atoms. The predicted octanol–water partition coefficient (Wildman–Crippen LogP) is 8.58.